The summed E-state index contributed by atoms with van der Waals surface area (Å²) in [6, 6.07) is 12.0. The van der Waals surface area contributed by atoms with Gasteiger partial charge < -0.3 is 9.64 Å². The molecule has 0 fully saturated rings. The number of carbonyl (C=O) groups is 1. The van der Waals surface area contributed by atoms with Crippen LogP contribution in [0.5, 0.6) is 5.75 Å². The van der Waals surface area contributed by atoms with Crippen LogP contribution in [0.1, 0.15) is 23.5 Å². The molecule has 1 aliphatic heterocycles. The normalized spacial score (nSPS) is 16.4. The molecule has 0 saturated carbocycles. The van der Waals surface area contributed by atoms with E-state index >= 15 is 0 Å². The van der Waals surface area contributed by atoms with Gasteiger partial charge in [0.05, 0.1) is 12.2 Å². The van der Waals surface area contributed by atoms with Gasteiger partial charge in [0.2, 0.25) is 0 Å². The van der Waals surface area contributed by atoms with Crippen LogP contribution in [0.25, 0.3) is 11.1 Å². The van der Waals surface area contributed by atoms with E-state index in [4.69, 9.17) is 6.42 Å². The summed E-state index contributed by atoms with van der Waals surface area (Å²) in [5.74, 6) is -0.216. The first-order chi connectivity index (χ1) is 14.9. The molecule has 0 unspecified atom stereocenters. The highest BCUT2D eigenvalue weighted by Crippen LogP contribution is 2.33. The van der Waals surface area contributed by atoms with Gasteiger partial charge in [0.25, 0.3) is 5.91 Å². The Balaban J connectivity index is 1.73. The molecule has 3 aromatic rings. The summed E-state index contributed by atoms with van der Waals surface area (Å²) in [5.41, 5.74) is 2.99. The molecule has 9 heteroatoms. The highest BCUT2D eigenvalue weighted by Gasteiger charge is 2.33. The van der Waals surface area contributed by atoms with Gasteiger partial charge in [0, 0.05) is 42.6 Å². The van der Waals surface area contributed by atoms with Gasteiger partial charge >= 0.3 is 6.61 Å². The van der Waals surface area contributed by atoms with Gasteiger partial charge in [0.1, 0.15) is 16.9 Å². The summed E-state index contributed by atoms with van der Waals surface area (Å²) in [4.78, 5) is 19.1. The van der Waals surface area contributed by atoms with Crippen LogP contribution in [0.15, 0.2) is 53.8 Å². The lowest BCUT2D eigenvalue weighted by molar-refractivity contribution is -0.0498. The number of carbonyl (C=O) groups excluding carboxylic acids is 1. The molecule has 0 aliphatic carbocycles. The average molecular weight is 423 g/mol. The number of alkyl halides is 2. The third-order valence-electron chi connectivity index (χ3n) is 5.09. The van der Waals surface area contributed by atoms with Gasteiger partial charge in [-0.3, -0.25) is 19.0 Å². The summed E-state index contributed by atoms with van der Waals surface area (Å²) in [5, 5.41) is 4.42. The summed E-state index contributed by atoms with van der Waals surface area (Å²) < 4.78 is 32.4. The molecule has 158 valence electrons. The molecule has 1 amide bonds. The number of benzene rings is 1. The van der Waals surface area contributed by atoms with Crippen LogP contribution < -0.4 is 15.1 Å². The maximum atomic E-state index is 13.4. The van der Waals surface area contributed by atoms with Crippen molar-refractivity contribution >= 4 is 11.6 Å². The Kier molecular flexibility index (Phi) is 5.29. The molecular weight excluding hydrogens is 404 g/mol. The van der Waals surface area contributed by atoms with E-state index in [9.17, 15) is 13.6 Å². The summed E-state index contributed by atoms with van der Waals surface area (Å²) in [6.45, 7) is -0.564. The zero-order valence-corrected chi connectivity index (χ0v) is 16.9. The average Bonchev–Trinajstić information content (AvgIpc) is 3.22. The number of pyridine rings is 1. The van der Waals surface area contributed by atoms with Crippen molar-refractivity contribution in [2.24, 2.45) is 4.99 Å². The minimum Gasteiger partial charge on any atom is -0.435 e. The lowest BCUT2D eigenvalue weighted by atomic mass is 10.0. The minimum absolute atomic E-state index is 0.0299. The third-order valence-corrected chi connectivity index (χ3v) is 5.09. The van der Waals surface area contributed by atoms with E-state index in [-0.39, 0.29) is 17.7 Å². The molecule has 1 aromatic carbocycles. The van der Waals surface area contributed by atoms with Crippen LogP contribution in [0.2, 0.25) is 0 Å². The summed E-state index contributed by atoms with van der Waals surface area (Å²) >= 11 is 0. The molecule has 4 rings (SSSR count). The van der Waals surface area contributed by atoms with E-state index in [1.165, 1.54) is 16.7 Å². The third kappa shape index (κ3) is 3.68. The fourth-order valence-corrected chi connectivity index (χ4v) is 3.64. The predicted octanol–water partition coefficient (Wildman–Crippen LogP) is 3.14. The highest BCUT2D eigenvalue weighted by atomic mass is 19.3. The Hall–Kier alpha value is -3.93. The van der Waals surface area contributed by atoms with Crippen molar-refractivity contribution in [2.75, 3.05) is 18.5 Å². The van der Waals surface area contributed by atoms with Crippen molar-refractivity contribution in [3.8, 4) is 29.3 Å². The van der Waals surface area contributed by atoms with Gasteiger partial charge in [-0.2, -0.15) is 13.9 Å². The quantitative estimate of drug-likeness (QED) is 0.606. The SMILES string of the molecule is C#Cn1cc(-c2cnn3c2C(=O)N(c2ccc(OC(F)F)cc2)C[C@@H]3C)cc/c1=N/C. The van der Waals surface area contributed by atoms with Crippen LogP contribution >= 0.6 is 0 Å². The molecule has 0 N–H and O–H groups in total. The highest BCUT2D eigenvalue weighted by molar-refractivity contribution is 6.09. The van der Waals surface area contributed by atoms with Gasteiger partial charge in [0.15, 0.2) is 0 Å². The molecule has 7 nitrogen and oxygen atoms in total. The molecule has 1 atom stereocenters. The molecular formula is C22H19F2N5O2. The van der Waals surface area contributed by atoms with Gasteiger partial charge in [-0.1, -0.05) is 6.42 Å². The van der Waals surface area contributed by atoms with Crippen molar-refractivity contribution in [1.82, 2.24) is 14.3 Å². The van der Waals surface area contributed by atoms with Gasteiger partial charge in [-0.15, -0.1) is 0 Å². The van der Waals surface area contributed by atoms with Crippen molar-refractivity contribution in [1.29, 1.82) is 0 Å². The first kappa shape index (κ1) is 20.3. The molecule has 31 heavy (non-hydrogen) atoms. The second-order valence-electron chi connectivity index (χ2n) is 6.99. The van der Waals surface area contributed by atoms with Crippen molar-refractivity contribution in [2.45, 2.75) is 19.6 Å². The number of rotatable bonds is 4. The van der Waals surface area contributed by atoms with Crippen molar-refractivity contribution < 1.29 is 18.3 Å². The van der Waals surface area contributed by atoms with Crippen LogP contribution in [0.4, 0.5) is 14.5 Å². The van der Waals surface area contributed by atoms with E-state index < -0.39 is 6.61 Å². The number of fused-ring (bicyclic) bond motifs is 1. The van der Waals surface area contributed by atoms with Crippen molar-refractivity contribution in [3.63, 3.8) is 0 Å². The summed E-state index contributed by atoms with van der Waals surface area (Å²) in [6.07, 6.45) is 8.95. The van der Waals surface area contributed by atoms with E-state index in [2.05, 4.69) is 20.9 Å². The Morgan fingerprint density at radius 1 is 1.26 bits per heavy atom. The molecule has 0 saturated heterocycles. The number of hydrogen-bond donors (Lipinski definition) is 0. The van der Waals surface area contributed by atoms with E-state index in [1.807, 2.05) is 13.0 Å². The van der Waals surface area contributed by atoms with Gasteiger partial charge in [-0.25, -0.2) is 0 Å². The Morgan fingerprint density at radius 3 is 2.65 bits per heavy atom. The lowest BCUT2D eigenvalue weighted by Gasteiger charge is -2.32. The maximum absolute atomic E-state index is 13.4. The zero-order chi connectivity index (χ0) is 22.1. The van der Waals surface area contributed by atoms with E-state index in [1.54, 1.807) is 47.2 Å². The van der Waals surface area contributed by atoms with Crippen LogP contribution in [0, 0.1) is 12.5 Å². The zero-order valence-electron chi connectivity index (χ0n) is 16.9. The number of aromatic nitrogens is 3. The topological polar surface area (TPSA) is 64.7 Å². The molecule has 1 aliphatic rings. The van der Waals surface area contributed by atoms with Crippen LogP contribution in [-0.2, 0) is 0 Å². The number of nitrogens with zero attached hydrogens (tertiary/aromatic N) is 5. The number of amides is 1. The fourth-order valence-electron chi connectivity index (χ4n) is 3.64. The number of halogens is 2. The minimum atomic E-state index is -2.91. The second kappa shape index (κ2) is 8.07. The number of terminal acetylenes is 1. The lowest BCUT2D eigenvalue weighted by Crippen LogP contribution is -2.42. The Bertz CT molecular complexity index is 1240. The van der Waals surface area contributed by atoms with E-state index in [0.717, 1.165) is 5.56 Å². The molecule has 0 bridgehead atoms. The monoisotopic (exact) mass is 423 g/mol. The number of anilines is 1. The first-order valence-corrected chi connectivity index (χ1v) is 9.49. The van der Waals surface area contributed by atoms with Crippen molar-refractivity contribution in [3.05, 3.63) is 60.0 Å². The largest absolute Gasteiger partial charge is 0.435 e. The molecule has 3 heterocycles. The summed E-state index contributed by atoms with van der Waals surface area (Å²) in [7, 11) is 1.64. The van der Waals surface area contributed by atoms with E-state index in [0.29, 0.717) is 29.0 Å². The second-order valence-corrected chi connectivity index (χ2v) is 6.99. The first-order valence-electron chi connectivity index (χ1n) is 9.49. The van der Waals surface area contributed by atoms with Crippen LogP contribution in [-0.4, -0.2) is 40.5 Å². The molecule has 0 radical (unpaired) electrons. The number of ether oxygens (including phenoxy) is 1. The predicted molar refractivity (Wildman–Crippen MR) is 111 cm³/mol. The molecule has 0 spiro atoms. The Morgan fingerprint density at radius 2 is 2.00 bits per heavy atom. The Labute approximate surface area is 177 Å². The number of hydrogen-bond acceptors (Lipinski definition) is 4. The maximum Gasteiger partial charge on any atom is 0.387 e. The van der Waals surface area contributed by atoms with Gasteiger partial charge in [-0.05, 0) is 43.3 Å². The molecule has 2 aromatic heterocycles. The van der Waals surface area contributed by atoms with Crippen LogP contribution in [0.3, 0.4) is 0 Å². The fraction of sp³-hybridized carbons (Fsp3) is 0.227. The smallest absolute Gasteiger partial charge is 0.387 e. The standard InChI is InChI=1S/C22H19F2N5O2/c1-4-27-13-15(5-10-19(27)25-3)18-11-26-29-14(2)12-28(21(30)20(18)29)16-6-8-17(9-7-16)31-22(23)24/h1,5-11,13-14,22H,12H2,2-3H3/b25-19-/t14-/m0/s1.